The van der Waals surface area contributed by atoms with Crippen LogP contribution in [0.2, 0.25) is 0 Å². The molecule has 36 heavy (non-hydrogen) atoms. The highest BCUT2D eigenvalue weighted by Crippen LogP contribution is 2.41. The number of halogens is 1. The topological polar surface area (TPSA) is 95.8 Å². The van der Waals surface area contributed by atoms with E-state index in [9.17, 15) is 19.2 Å². The molecule has 0 spiro atoms. The van der Waals surface area contributed by atoms with Gasteiger partial charge in [0.15, 0.2) is 5.82 Å². The van der Waals surface area contributed by atoms with Gasteiger partial charge in [0.1, 0.15) is 5.82 Å². The molecule has 0 saturated carbocycles. The number of hydrogen-bond acceptors (Lipinski definition) is 6. The number of imide groups is 1. The highest BCUT2D eigenvalue weighted by Gasteiger charge is 2.55. The average molecular weight is 498 g/mol. The molecule has 1 aromatic carbocycles. The second kappa shape index (κ2) is 10.3. The van der Waals surface area contributed by atoms with Crippen LogP contribution in [0.5, 0.6) is 0 Å². The van der Waals surface area contributed by atoms with E-state index in [0.29, 0.717) is 31.8 Å². The van der Waals surface area contributed by atoms with E-state index in [4.69, 9.17) is 0 Å². The predicted molar refractivity (Wildman–Crippen MR) is 129 cm³/mol. The summed E-state index contributed by atoms with van der Waals surface area (Å²) in [6, 6.07) is 5.84. The molecule has 0 N–H and O–H groups in total. The summed E-state index contributed by atoms with van der Waals surface area (Å²) in [6.45, 7) is 1.26. The van der Waals surface area contributed by atoms with Gasteiger partial charge >= 0.3 is 0 Å². The zero-order chi connectivity index (χ0) is 26.0. The third-order valence-corrected chi connectivity index (χ3v) is 7.21. The predicted octanol–water partition coefficient (Wildman–Crippen LogP) is 1.63. The second-order valence-electron chi connectivity index (χ2n) is 9.97. The van der Waals surface area contributed by atoms with Crippen molar-refractivity contribution in [1.29, 1.82) is 0 Å². The number of benzene rings is 1. The van der Waals surface area contributed by atoms with Gasteiger partial charge < -0.3 is 14.4 Å². The Hall–Kier alpha value is -3.40. The molecule has 0 aliphatic carbocycles. The molecule has 9 nitrogen and oxygen atoms in total. The number of likely N-dealkylation sites (N-methyl/N-ethyl adjacent to an activating group) is 1. The second-order valence-corrected chi connectivity index (χ2v) is 9.97. The van der Waals surface area contributed by atoms with Gasteiger partial charge in [0, 0.05) is 69.9 Å². The maximum absolute atomic E-state index is 15.0. The molecule has 0 bridgehead atoms. The number of nitrogens with zero attached hydrogens (tertiary/aromatic N) is 5. The molecule has 2 saturated heterocycles. The van der Waals surface area contributed by atoms with E-state index in [1.807, 2.05) is 19.0 Å². The molecule has 2 atom stereocenters. The summed E-state index contributed by atoms with van der Waals surface area (Å²) in [7, 11) is 5.41. The lowest BCUT2D eigenvalue weighted by Gasteiger charge is -2.35. The number of hydrogen-bond donors (Lipinski definition) is 0. The number of carbonyl (C=O) groups is 4. The molecule has 2 aromatic rings. The maximum Gasteiger partial charge on any atom is 0.241 e. The van der Waals surface area contributed by atoms with E-state index in [2.05, 4.69) is 4.98 Å². The number of piperidine rings is 1. The Morgan fingerprint density at radius 2 is 1.97 bits per heavy atom. The van der Waals surface area contributed by atoms with E-state index in [0.717, 1.165) is 4.90 Å². The Labute approximate surface area is 209 Å². The minimum atomic E-state index is -1.61. The Morgan fingerprint density at radius 3 is 2.64 bits per heavy atom. The number of imidazole rings is 1. The van der Waals surface area contributed by atoms with Crippen molar-refractivity contribution in [2.75, 3.05) is 40.3 Å². The van der Waals surface area contributed by atoms with Gasteiger partial charge in [0.05, 0.1) is 5.41 Å². The SMILES string of the molecule is CN(C)CCN1C(=O)CC(CC(=O)N2CCCC(C(=O)c3nccn3C)C2)(c2ccccc2F)C1=O. The summed E-state index contributed by atoms with van der Waals surface area (Å²) >= 11 is 0. The molecule has 2 aliphatic rings. The van der Waals surface area contributed by atoms with Gasteiger partial charge in [0.2, 0.25) is 23.5 Å². The minimum Gasteiger partial charge on any atom is -0.342 e. The molecular weight excluding hydrogens is 465 g/mol. The lowest BCUT2D eigenvalue weighted by atomic mass is 9.75. The highest BCUT2D eigenvalue weighted by molar-refractivity contribution is 6.10. The summed E-state index contributed by atoms with van der Waals surface area (Å²) in [6.07, 6.45) is 3.91. The van der Waals surface area contributed by atoms with E-state index in [1.54, 1.807) is 35.0 Å². The van der Waals surface area contributed by atoms with Gasteiger partial charge in [-0.05, 0) is 33.0 Å². The van der Waals surface area contributed by atoms with Gasteiger partial charge in [0.25, 0.3) is 0 Å². The Morgan fingerprint density at radius 1 is 1.22 bits per heavy atom. The number of ketones is 1. The quantitative estimate of drug-likeness (QED) is 0.406. The van der Waals surface area contributed by atoms with E-state index >= 15 is 4.39 Å². The summed E-state index contributed by atoms with van der Waals surface area (Å²) in [5.74, 6) is -2.17. The van der Waals surface area contributed by atoms with Gasteiger partial charge in [-0.15, -0.1) is 0 Å². The van der Waals surface area contributed by atoms with Crippen LogP contribution in [0.3, 0.4) is 0 Å². The highest BCUT2D eigenvalue weighted by atomic mass is 19.1. The molecule has 2 unspecified atom stereocenters. The summed E-state index contributed by atoms with van der Waals surface area (Å²) in [5, 5.41) is 0. The van der Waals surface area contributed by atoms with Gasteiger partial charge in [-0.2, -0.15) is 0 Å². The number of amides is 3. The molecule has 0 radical (unpaired) electrons. The van der Waals surface area contributed by atoms with Crippen LogP contribution in [0.4, 0.5) is 4.39 Å². The fraction of sp³-hybridized carbons (Fsp3) is 0.500. The van der Waals surface area contributed by atoms with Crippen LogP contribution in [-0.2, 0) is 26.8 Å². The number of aryl methyl sites for hydroxylation is 1. The van der Waals surface area contributed by atoms with Crippen molar-refractivity contribution in [2.24, 2.45) is 13.0 Å². The lowest BCUT2D eigenvalue weighted by Crippen LogP contribution is -2.48. The lowest BCUT2D eigenvalue weighted by molar-refractivity contribution is -0.143. The van der Waals surface area contributed by atoms with Crippen LogP contribution in [0, 0.1) is 11.7 Å². The van der Waals surface area contributed by atoms with Crippen LogP contribution in [0.15, 0.2) is 36.7 Å². The number of aromatic nitrogens is 2. The van der Waals surface area contributed by atoms with Crippen LogP contribution in [-0.4, -0.2) is 88.0 Å². The molecule has 4 rings (SSSR count). The zero-order valence-electron chi connectivity index (χ0n) is 20.9. The van der Waals surface area contributed by atoms with Crippen molar-refractivity contribution in [1.82, 2.24) is 24.3 Å². The molecule has 2 aliphatic heterocycles. The standard InChI is InChI=1S/C26H32FN5O4/c1-29(2)13-14-32-22(34)16-26(25(32)36,19-8-4-5-9-20(19)27)15-21(33)31-11-6-7-18(17-31)23(35)24-28-10-12-30(24)3/h4-5,8-10,12,18H,6-7,11,13-17H2,1-3H3. The van der Waals surface area contributed by atoms with Crippen LogP contribution in [0.25, 0.3) is 0 Å². The minimum absolute atomic E-state index is 0.0571. The Bertz CT molecular complexity index is 1180. The monoisotopic (exact) mass is 497 g/mol. The van der Waals surface area contributed by atoms with Crippen LogP contribution >= 0.6 is 0 Å². The fourth-order valence-corrected chi connectivity index (χ4v) is 5.19. The van der Waals surface area contributed by atoms with Gasteiger partial charge in [-0.3, -0.25) is 24.1 Å². The number of carbonyl (C=O) groups excluding carboxylic acids is 4. The van der Waals surface area contributed by atoms with Crippen LogP contribution < -0.4 is 0 Å². The van der Waals surface area contributed by atoms with E-state index in [-0.39, 0.29) is 43.2 Å². The molecular formula is C26H32FN5O4. The van der Waals surface area contributed by atoms with Gasteiger partial charge in [-0.1, -0.05) is 18.2 Å². The molecule has 192 valence electrons. The fourth-order valence-electron chi connectivity index (χ4n) is 5.19. The number of rotatable bonds is 8. The number of likely N-dealkylation sites (tertiary alicyclic amines) is 2. The molecule has 2 fully saturated rings. The van der Waals surface area contributed by atoms with Crippen LogP contribution in [0.1, 0.15) is 41.9 Å². The van der Waals surface area contributed by atoms with Crippen molar-refractivity contribution in [2.45, 2.75) is 31.1 Å². The Balaban J connectivity index is 1.59. The first-order valence-corrected chi connectivity index (χ1v) is 12.2. The average Bonchev–Trinajstić information content (AvgIpc) is 3.38. The van der Waals surface area contributed by atoms with Gasteiger partial charge in [-0.25, -0.2) is 9.37 Å². The first-order chi connectivity index (χ1) is 17.1. The first-order valence-electron chi connectivity index (χ1n) is 12.2. The van der Waals surface area contributed by atoms with Crippen molar-refractivity contribution < 1.29 is 23.6 Å². The molecule has 3 amide bonds. The summed E-state index contributed by atoms with van der Waals surface area (Å²) in [4.78, 5) is 61.9. The summed E-state index contributed by atoms with van der Waals surface area (Å²) < 4.78 is 16.7. The zero-order valence-corrected chi connectivity index (χ0v) is 20.9. The molecule has 1 aromatic heterocycles. The largest absolute Gasteiger partial charge is 0.342 e. The smallest absolute Gasteiger partial charge is 0.241 e. The third kappa shape index (κ3) is 4.82. The summed E-state index contributed by atoms with van der Waals surface area (Å²) in [5.41, 5.74) is -1.55. The molecule has 10 heteroatoms. The van der Waals surface area contributed by atoms with Crippen molar-refractivity contribution in [3.05, 3.63) is 53.9 Å². The van der Waals surface area contributed by atoms with E-state index < -0.39 is 29.0 Å². The number of Topliss-reactive ketones (excluding diaryl/α,β-unsaturated/α-hetero) is 1. The normalized spacial score (nSPS) is 22.5. The third-order valence-electron chi connectivity index (χ3n) is 7.21. The maximum atomic E-state index is 15.0. The first kappa shape index (κ1) is 25.7. The van der Waals surface area contributed by atoms with E-state index in [1.165, 1.54) is 18.2 Å². The van der Waals surface area contributed by atoms with Crippen molar-refractivity contribution in [3.8, 4) is 0 Å². The molecule has 3 heterocycles. The Kier molecular flexibility index (Phi) is 7.35. The van der Waals surface area contributed by atoms with Crippen molar-refractivity contribution >= 4 is 23.5 Å². The van der Waals surface area contributed by atoms with Crippen molar-refractivity contribution in [3.63, 3.8) is 0 Å².